The molecule has 1 aromatic carbocycles. The van der Waals surface area contributed by atoms with E-state index < -0.39 is 34.6 Å². The van der Waals surface area contributed by atoms with E-state index in [1.807, 2.05) is 13.1 Å². The van der Waals surface area contributed by atoms with Crippen molar-refractivity contribution >= 4 is 11.9 Å². The van der Waals surface area contributed by atoms with Gasteiger partial charge in [-0.05, 0) is 64.9 Å². The molecule has 2 aliphatic heterocycles. The fraction of sp³-hybridized carbons (Fsp3) is 0.500. The number of nitriles is 1. The van der Waals surface area contributed by atoms with E-state index in [1.54, 1.807) is 13.8 Å². The van der Waals surface area contributed by atoms with Crippen LogP contribution in [-0.4, -0.2) is 42.1 Å². The topological polar surface area (TPSA) is 99.9 Å². The van der Waals surface area contributed by atoms with Gasteiger partial charge >= 0.3 is 11.9 Å². The number of fused-ring (bicyclic) bond motifs is 2. The van der Waals surface area contributed by atoms with Gasteiger partial charge in [-0.15, -0.1) is 0 Å². The molecule has 1 unspecified atom stereocenters. The molecule has 1 aromatic rings. The van der Waals surface area contributed by atoms with Gasteiger partial charge < -0.3 is 19.5 Å². The van der Waals surface area contributed by atoms with E-state index >= 15 is 4.39 Å². The molecule has 1 atom stereocenters. The van der Waals surface area contributed by atoms with E-state index in [9.17, 15) is 20.0 Å². The summed E-state index contributed by atoms with van der Waals surface area (Å²) in [6, 6.07) is 4.38. The molecule has 8 heteroatoms. The maximum absolute atomic E-state index is 15.3. The van der Waals surface area contributed by atoms with Crippen LogP contribution in [0.2, 0.25) is 0 Å². The molecule has 4 rings (SSSR count). The number of carbonyl (C=O) groups is 2. The lowest BCUT2D eigenvalue weighted by atomic mass is 9.63. The molecule has 0 saturated carbocycles. The van der Waals surface area contributed by atoms with Gasteiger partial charge in [0.1, 0.15) is 11.4 Å². The molecule has 3 aliphatic rings. The lowest BCUT2D eigenvalue weighted by molar-refractivity contribution is -0.302. The summed E-state index contributed by atoms with van der Waals surface area (Å²) in [5.41, 5.74) is -3.43. The van der Waals surface area contributed by atoms with Crippen LogP contribution in [0, 0.1) is 28.5 Å². The smallest absolute Gasteiger partial charge is 0.334 e. The van der Waals surface area contributed by atoms with Crippen molar-refractivity contribution in [3.63, 3.8) is 0 Å². The number of rotatable bonds is 1. The number of piperidine rings is 1. The average molecular weight is 414 g/mol. The molecule has 0 aromatic heterocycles. The van der Waals surface area contributed by atoms with Crippen molar-refractivity contribution in [1.29, 1.82) is 5.26 Å². The number of halogens is 1. The predicted molar refractivity (Wildman–Crippen MR) is 102 cm³/mol. The second-order valence-electron chi connectivity index (χ2n) is 8.72. The molecular formula is C22H23FN2O5. The minimum absolute atomic E-state index is 0.0343. The van der Waals surface area contributed by atoms with E-state index in [0.717, 1.165) is 18.2 Å². The van der Waals surface area contributed by atoms with E-state index in [1.165, 1.54) is 6.07 Å². The largest absolute Gasteiger partial charge is 0.414 e. The highest BCUT2D eigenvalue weighted by atomic mass is 19.1. The highest BCUT2D eigenvalue weighted by Gasteiger charge is 2.74. The van der Waals surface area contributed by atoms with Crippen LogP contribution >= 0.6 is 0 Å². The van der Waals surface area contributed by atoms with Crippen LogP contribution < -0.4 is 0 Å². The summed E-state index contributed by atoms with van der Waals surface area (Å²) in [6.45, 7) is 4.56. The second-order valence-corrected chi connectivity index (χ2v) is 8.72. The molecule has 1 fully saturated rings. The highest BCUT2D eigenvalue weighted by molar-refractivity contribution is 5.93. The summed E-state index contributed by atoms with van der Waals surface area (Å²) in [7, 11) is 1.97. The van der Waals surface area contributed by atoms with Gasteiger partial charge in [-0.25, -0.2) is 14.0 Å². The van der Waals surface area contributed by atoms with Crippen LogP contribution in [0.3, 0.4) is 0 Å². The molecule has 158 valence electrons. The van der Waals surface area contributed by atoms with Crippen LogP contribution in [0.1, 0.15) is 43.4 Å². The van der Waals surface area contributed by atoms with Crippen LogP contribution in [0.25, 0.3) is 0 Å². The lowest BCUT2D eigenvalue weighted by Crippen LogP contribution is -2.57. The lowest BCUT2D eigenvalue weighted by Gasteiger charge is -2.50. The van der Waals surface area contributed by atoms with E-state index in [-0.39, 0.29) is 22.6 Å². The Morgan fingerprint density at radius 1 is 1.13 bits per heavy atom. The molecule has 30 heavy (non-hydrogen) atoms. The fourth-order valence-corrected chi connectivity index (χ4v) is 5.27. The van der Waals surface area contributed by atoms with Crippen LogP contribution in [0.15, 0.2) is 24.3 Å². The normalized spacial score (nSPS) is 27.9. The van der Waals surface area contributed by atoms with Crippen molar-refractivity contribution < 1.29 is 28.6 Å². The zero-order valence-corrected chi connectivity index (χ0v) is 17.1. The third-order valence-corrected chi connectivity index (χ3v) is 6.91. The first kappa shape index (κ1) is 20.5. The molecule has 7 nitrogen and oxygen atoms in total. The zero-order chi connectivity index (χ0) is 21.9. The number of aliphatic hydroxyl groups is 1. The Balaban J connectivity index is 2.04. The van der Waals surface area contributed by atoms with Crippen molar-refractivity contribution in [2.45, 2.75) is 38.1 Å². The number of hydrogen-bond acceptors (Lipinski definition) is 7. The first-order valence-corrected chi connectivity index (χ1v) is 9.87. The molecule has 1 aliphatic carbocycles. The Bertz CT molecular complexity index is 984. The van der Waals surface area contributed by atoms with Gasteiger partial charge in [0.15, 0.2) is 0 Å². The Morgan fingerprint density at radius 3 is 2.23 bits per heavy atom. The molecule has 1 saturated heterocycles. The van der Waals surface area contributed by atoms with Crippen LogP contribution in [0.5, 0.6) is 0 Å². The van der Waals surface area contributed by atoms with Crippen molar-refractivity contribution in [3.8, 4) is 6.07 Å². The third-order valence-electron chi connectivity index (χ3n) is 6.91. The van der Waals surface area contributed by atoms with Gasteiger partial charge in [0, 0.05) is 17.7 Å². The first-order valence-electron chi connectivity index (χ1n) is 9.87. The minimum atomic E-state index is -2.21. The summed E-state index contributed by atoms with van der Waals surface area (Å²) in [6.07, 6.45) is 2.97. The number of esters is 2. The predicted octanol–water partition coefficient (Wildman–Crippen LogP) is 2.08. The Labute approximate surface area is 173 Å². The summed E-state index contributed by atoms with van der Waals surface area (Å²) >= 11 is 0. The van der Waals surface area contributed by atoms with Gasteiger partial charge in [0.05, 0.1) is 22.6 Å². The first-order chi connectivity index (χ1) is 14.1. The third kappa shape index (κ3) is 2.49. The molecule has 0 bridgehead atoms. The van der Waals surface area contributed by atoms with E-state index in [2.05, 4.69) is 4.90 Å². The van der Waals surface area contributed by atoms with Gasteiger partial charge in [-0.2, -0.15) is 5.26 Å². The zero-order valence-electron chi connectivity index (χ0n) is 17.1. The van der Waals surface area contributed by atoms with Crippen molar-refractivity contribution in [2.75, 3.05) is 20.1 Å². The second kappa shape index (κ2) is 6.62. The summed E-state index contributed by atoms with van der Waals surface area (Å²) in [5.74, 6) is -5.19. The molecule has 1 N–H and O–H groups in total. The van der Waals surface area contributed by atoms with Crippen molar-refractivity contribution in [1.82, 2.24) is 4.90 Å². The summed E-state index contributed by atoms with van der Waals surface area (Å²) in [5, 5.41) is 22.0. The number of hydrogen-bond donors (Lipinski definition) is 1. The minimum Gasteiger partial charge on any atom is -0.414 e. The highest BCUT2D eigenvalue weighted by Crippen LogP contribution is 2.67. The molecule has 0 radical (unpaired) electrons. The molecule has 0 amide bonds. The van der Waals surface area contributed by atoms with Gasteiger partial charge in [-0.1, -0.05) is 0 Å². The average Bonchev–Trinajstić information content (AvgIpc) is 2.79. The molecular weight excluding hydrogens is 391 g/mol. The van der Waals surface area contributed by atoms with Crippen molar-refractivity contribution in [2.24, 2.45) is 11.3 Å². The maximum Gasteiger partial charge on any atom is 0.334 e. The number of benzene rings is 1. The Morgan fingerprint density at radius 2 is 1.70 bits per heavy atom. The number of carbonyl (C=O) groups excluding carboxylic acids is 2. The van der Waals surface area contributed by atoms with E-state index in [4.69, 9.17) is 9.47 Å². The summed E-state index contributed by atoms with van der Waals surface area (Å²) in [4.78, 5) is 26.8. The van der Waals surface area contributed by atoms with E-state index in [0.29, 0.717) is 25.9 Å². The van der Waals surface area contributed by atoms with Crippen molar-refractivity contribution in [3.05, 3.63) is 46.8 Å². The Hall–Kier alpha value is -2.76. The monoisotopic (exact) mass is 414 g/mol. The fourth-order valence-electron chi connectivity index (χ4n) is 5.27. The van der Waals surface area contributed by atoms with Gasteiger partial charge in [0.25, 0.3) is 5.79 Å². The molecule has 2 heterocycles. The standard InChI is InChI=1S/C22H23FN2O5/c1-20(2)21(28,14-8-10-25(3)11-9-14)18-13(12-24)4-5-15(23)19(18)22(20)29-16(26)6-7-17(27)30-22/h4-7,14,28H,8-11H2,1-3H3. The number of nitrogens with zero attached hydrogens (tertiary/aromatic N) is 2. The van der Waals surface area contributed by atoms with Gasteiger partial charge in [0.2, 0.25) is 0 Å². The number of ether oxygens (including phenoxy) is 2. The SMILES string of the molecule is CN1CCC(C2(O)c3c(C#N)ccc(F)c3C3(OC(=O)C=CC(=O)O3)C2(C)C)CC1. The molecule has 1 spiro atoms. The Kier molecular flexibility index (Phi) is 4.53. The maximum atomic E-state index is 15.3. The van der Waals surface area contributed by atoms with Gasteiger partial charge in [-0.3, -0.25) is 0 Å². The summed E-state index contributed by atoms with van der Waals surface area (Å²) < 4.78 is 26.4. The van der Waals surface area contributed by atoms with Crippen LogP contribution in [-0.2, 0) is 30.5 Å². The number of likely N-dealkylation sites (tertiary alicyclic amines) is 1. The quantitative estimate of drug-likeness (QED) is 0.702. The van der Waals surface area contributed by atoms with Crippen LogP contribution in [0.4, 0.5) is 4.39 Å².